The number of aryl methyl sites for hydroxylation is 1. The molecule has 3 fully saturated rings. The van der Waals surface area contributed by atoms with E-state index < -0.39 is 5.91 Å². The van der Waals surface area contributed by atoms with E-state index >= 15 is 0 Å². The van der Waals surface area contributed by atoms with Gasteiger partial charge in [0.2, 0.25) is 11.8 Å². The van der Waals surface area contributed by atoms with Crippen LogP contribution in [-0.4, -0.2) is 86.0 Å². The van der Waals surface area contributed by atoms with Crippen molar-refractivity contribution in [1.82, 2.24) is 40.6 Å². The van der Waals surface area contributed by atoms with Crippen LogP contribution in [0, 0.1) is 6.92 Å². The number of aromatic nitrogens is 5. The van der Waals surface area contributed by atoms with E-state index in [1.54, 1.807) is 0 Å². The third-order valence-electron chi connectivity index (χ3n) is 11.6. The number of nitrogens with one attached hydrogen (secondary N) is 4. The molecule has 0 spiro atoms. The number of pyridine rings is 1. The van der Waals surface area contributed by atoms with Crippen molar-refractivity contribution in [3.63, 3.8) is 0 Å². The highest BCUT2D eigenvalue weighted by molar-refractivity contribution is 6.01. The second kappa shape index (κ2) is 16.6. The highest BCUT2D eigenvalue weighted by atomic mass is 16.5. The summed E-state index contributed by atoms with van der Waals surface area (Å²) in [6, 6.07) is 20.4. The maximum absolute atomic E-state index is 12.8. The number of carbonyl (C=O) groups excluding carboxylic acids is 3. The lowest BCUT2D eigenvalue weighted by Crippen LogP contribution is -2.53. The van der Waals surface area contributed by atoms with E-state index in [1.807, 2.05) is 77.2 Å². The molecule has 0 unspecified atom stereocenters. The molecule has 2 saturated heterocycles. The lowest BCUT2D eigenvalue weighted by Gasteiger charge is -2.47. The van der Waals surface area contributed by atoms with Crippen LogP contribution in [0.5, 0.6) is 0 Å². The molecule has 5 heterocycles. The van der Waals surface area contributed by atoms with Crippen molar-refractivity contribution >= 4 is 40.7 Å². The van der Waals surface area contributed by atoms with Gasteiger partial charge in [-0.05, 0) is 86.1 Å². The Morgan fingerprint density at radius 2 is 1.71 bits per heavy atom. The predicted octanol–water partition coefficient (Wildman–Crippen LogP) is 6.05. The van der Waals surface area contributed by atoms with Crippen LogP contribution in [0.1, 0.15) is 98.5 Å². The fourth-order valence-corrected chi connectivity index (χ4v) is 8.03. The van der Waals surface area contributed by atoms with E-state index in [-0.39, 0.29) is 35.2 Å². The van der Waals surface area contributed by atoms with Gasteiger partial charge in [-0.3, -0.25) is 24.6 Å². The van der Waals surface area contributed by atoms with E-state index in [1.165, 1.54) is 11.9 Å². The van der Waals surface area contributed by atoms with Gasteiger partial charge in [-0.2, -0.15) is 4.98 Å². The first-order chi connectivity index (χ1) is 28.4. The Hall–Kier alpha value is -6.22. The maximum atomic E-state index is 12.8. The Balaban J connectivity index is 0.795. The van der Waals surface area contributed by atoms with E-state index in [2.05, 4.69) is 75.4 Å². The van der Waals surface area contributed by atoms with Crippen LogP contribution in [0.4, 0.5) is 23.0 Å². The van der Waals surface area contributed by atoms with Crippen molar-refractivity contribution < 1.29 is 18.9 Å². The Morgan fingerprint density at radius 1 is 0.932 bits per heavy atom. The van der Waals surface area contributed by atoms with Gasteiger partial charge in [0.15, 0.2) is 5.82 Å². The molecular formula is C44H51N11O4. The van der Waals surface area contributed by atoms with Crippen molar-refractivity contribution in [2.75, 3.05) is 41.7 Å². The molecule has 2 aromatic carbocycles. The van der Waals surface area contributed by atoms with Crippen molar-refractivity contribution in [3.05, 3.63) is 102 Å². The van der Waals surface area contributed by atoms with Crippen LogP contribution >= 0.6 is 0 Å². The predicted molar refractivity (Wildman–Crippen MR) is 224 cm³/mol. The molecule has 306 valence electrons. The minimum atomic E-state index is -0.414. The van der Waals surface area contributed by atoms with E-state index in [0.29, 0.717) is 42.3 Å². The normalized spacial score (nSPS) is 20.4. The first kappa shape index (κ1) is 39.6. The lowest BCUT2D eigenvalue weighted by molar-refractivity contribution is -0.133. The fraction of sp³-hybridized carbons (Fsp3) is 0.409. The summed E-state index contributed by atoms with van der Waals surface area (Å²) in [7, 11) is 0. The molecular weight excluding hydrogens is 747 g/mol. The Morgan fingerprint density at radius 3 is 2.39 bits per heavy atom. The lowest BCUT2D eigenvalue weighted by atomic mass is 9.75. The summed E-state index contributed by atoms with van der Waals surface area (Å²) in [6.07, 6.45) is 6.64. The molecule has 1 saturated carbocycles. The summed E-state index contributed by atoms with van der Waals surface area (Å²) in [5, 5.41) is 15.9. The number of hydrogen-bond donors (Lipinski definition) is 4. The second-order valence-electron chi connectivity index (χ2n) is 16.9. The minimum Gasteiger partial charge on any atom is -0.374 e. The minimum absolute atomic E-state index is 0.0520. The molecule has 3 aromatic heterocycles. The number of benzene rings is 2. The number of piperidine rings is 1. The molecule has 8 rings (SSSR count). The summed E-state index contributed by atoms with van der Waals surface area (Å²) in [5.41, 5.74) is 6.68. The number of imide groups is 1. The molecule has 0 bridgehead atoms. The van der Waals surface area contributed by atoms with E-state index in [4.69, 9.17) is 9.51 Å². The average molecular weight is 798 g/mol. The van der Waals surface area contributed by atoms with Gasteiger partial charge in [0.25, 0.3) is 0 Å². The molecule has 1 aliphatic carbocycles. The molecule has 2 aliphatic heterocycles. The summed E-state index contributed by atoms with van der Waals surface area (Å²) >= 11 is 0. The number of hydrogen-bond acceptors (Lipinski definition) is 13. The highest BCUT2D eigenvalue weighted by Crippen LogP contribution is 2.40. The van der Waals surface area contributed by atoms with Crippen LogP contribution in [0.2, 0.25) is 0 Å². The van der Waals surface area contributed by atoms with Gasteiger partial charge in [-0.15, -0.1) is 0 Å². The molecule has 3 amide bonds. The zero-order valence-electron chi connectivity index (χ0n) is 34.2. The molecule has 2 atom stereocenters. The summed E-state index contributed by atoms with van der Waals surface area (Å²) in [4.78, 5) is 59.4. The van der Waals surface area contributed by atoms with Gasteiger partial charge < -0.3 is 25.4 Å². The van der Waals surface area contributed by atoms with Crippen LogP contribution < -0.4 is 26.2 Å². The number of nitrogens with zero attached hydrogens (tertiary/aromatic N) is 7. The van der Waals surface area contributed by atoms with Crippen LogP contribution in [0.15, 0.2) is 77.7 Å². The Bertz CT molecular complexity index is 2310. The van der Waals surface area contributed by atoms with E-state index in [9.17, 15) is 14.4 Å². The quantitative estimate of drug-likeness (QED) is 0.114. The van der Waals surface area contributed by atoms with Crippen LogP contribution in [0.25, 0.3) is 11.3 Å². The number of rotatable bonds is 11. The summed E-state index contributed by atoms with van der Waals surface area (Å²) in [6.45, 7) is 13.8. The third-order valence-corrected chi connectivity index (χ3v) is 11.6. The number of piperazine rings is 1. The summed E-state index contributed by atoms with van der Waals surface area (Å²) < 4.78 is 5.22. The third kappa shape index (κ3) is 9.09. The van der Waals surface area contributed by atoms with Gasteiger partial charge in [0.05, 0.1) is 23.6 Å². The summed E-state index contributed by atoms with van der Waals surface area (Å²) in [5.74, 6) is 1.44. The van der Waals surface area contributed by atoms with Crippen molar-refractivity contribution in [2.45, 2.75) is 89.8 Å². The van der Waals surface area contributed by atoms with Gasteiger partial charge >= 0.3 is 11.8 Å². The maximum Gasteiger partial charge on any atom is 0.315 e. The van der Waals surface area contributed by atoms with Crippen LogP contribution in [0.3, 0.4) is 0 Å². The number of carbonyl (C=O) groups is 3. The largest absolute Gasteiger partial charge is 0.374 e. The number of anilines is 4. The zero-order valence-corrected chi connectivity index (χ0v) is 34.2. The highest BCUT2D eigenvalue weighted by Gasteiger charge is 2.36. The molecule has 15 heteroatoms. The second-order valence-corrected chi connectivity index (χ2v) is 16.9. The van der Waals surface area contributed by atoms with Gasteiger partial charge in [0.1, 0.15) is 24.0 Å². The van der Waals surface area contributed by atoms with Crippen molar-refractivity contribution in [3.8, 4) is 11.3 Å². The SMILES string of the molecule is Cc1cc(-c2cc(Nc3ccc(N4CCN([C@H]5C[C@H](c6ccc(N[C@@H]7CCC(=O)NC7=O)cc6)C5)CC4)cn3)ncn2)ccc1[C@@H](C)NC(=O)c1nc(C(C)(C)C)no1. The molecule has 5 aromatic rings. The Labute approximate surface area is 343 Å². The first-order valence-electron chi connectivity index (χ1n) is 20.4. The molecule has 59 heavy (non-hydrogen) atoms. The molecule has 15 nitrogen and oxygen atoms in total. The van der Waals surface area contributed by atoms with Gasteiger partial charge in [-0.25, -0.2) is 15.0 Å². The first-order valence-corrected chi connectivity index (χ1v) is 20.4. The molecule has 4 N–H and O–H groups in total. The van der Waals surface area contributed by atoms with E-state index in [0.717, 1.165) is 72.8 Å². The molecule has 0 radical (unpaired) electrons. The average Bonchev–Trinajstić information content (AvgIpc) is 3.72. The Kier molecular flexibility index (Phi) is 11.1. The monoisotopic (exact) mass is 797 g/mol. The van der Waals surface area contributed by atoms with Crippen molar-refractivity contribution in [1.29, 1.82) is 0 Å². The number of amides is 3. The fourth-order valence-electron chi connectivity index (χ4n) is 8.03. The standard InChI is InChI=1S/C44H51N11O4/c1-26-20-29(8-12-34(26)27(2)48-41(58)42-52-43(53-59-42)44(3,4)5)36-23-38(47-25-46-36)50-37-14-11-32(24-45-37)54-16-18-55(19-17-54)33-21-30(22-33)28-6-9-31(10-7-28)49-35-13-15-39(56)51-40(35)57/h6-12,14,20,23-25,27,30,33,35,49H,13,15-19,21-22H2,1-5H3,(H,48,58)(H,51,56,57)(H,45,46,47,50)/t27-,30-,33-,35-/m1/s1. The topological polar surface area (TPSA) is 183 Å². The molecule has 3 aliphatic rings. The smallest absolute Gasteiger partial charge is 0.315 e. The van der Waals surface area contributed by atoms with Crippen LogP contribution in [-0.2, 0) is 15.0 Å². The van der Waals surface area contributed by atoms with Gasteiger partial charge in [-0.1, -0.05) is 50.2 Å². The van der Waals surface area contributed by atoms with Gasteiger partial charge in [0, 0.05) is 61.4 Å². The van der Waals surface area contributed by atoms with Crippen molar-refractivity contribution in [2.24, 2.45) is 0 Å². The zero-order chi connectivity index (χ0) is 41.3.